The standard InChI is InChI=1S/C25H15F6N7O2S.C4H10O/c26-14-4-2-5-15(27)22(14)41(39,40)38-17-6-1-3-11(20(17)28)16-7-8-18-21(35-16)23(33)37-24(36-18)12-10-34-19(32)9-13(12)25(29,30)31;1-3-5-4-2/h1-10,38H,(H2,32,34)(H2,33,36,37);3-4H2,1-2H3. The van der Waals surface area contributed by atoms with Crippen LogP contribution in [0.5, 0.6) is 0 Å². The van der Waals surface area contributed by atoms with E-state index in [0.717, 1.165) is 43.7 Å². The molecule has 0 radical (unpaired) electrons. The molecule has 0 saturated carbocycles. The summed E-state index contributed by atoms with van der Waals surface area (Å²) in [5, 5.41) is 0. The van der Waals surface area contributed by atoms with Gasteiger partial charge in [-0.1, -0.05) is 12.1 Å². The molecule has 0 amide bonds. The van der Waals surface area contributed by atoms with Crippen LogP contribution in [-0.2, 0) is 20.9 Å². The van der Waals surface area contributed by atoms with Crippen molar-refractivity contribution in [3.05, 3.63) is 83.8 Å². The highest BCUT2D eigenvalue weighted by atomic mass is 32.2. The molecule has 0 unspecified atom stereocenters. The first kappa shape index (κ1) is 33.9. The van der Waals surface area contributed by atoms with E-state index in [1.165, 1.54) is 24.3 Å². The van der Waals surface area contributed by atoms with Gasteiger partial charge in [0.1, 0.15) is 23.0 Å². The molecule has 0 aliphatic rings. The summed E-state index contributed by atoms with van der Waals surface area (Å²) >= 11 is 0. The molecule has 0 saturated heterocycles. The number of hydrogen-bond acceptors (Lipinski definition) is 9. The van der Waals surface area contributed by atoms with Crippen molar-refractivity contribution in [1.82, 2.24) is 19.9 Å². The molecular weight excluding hydrogens is 640 g/mol. The fraction of sp³-hybridized carbons (Fsp3) is 0.172. The Kier molecular flexibility index (Phi) is 9.96. The summed E-state index contributed by atoms with van der Waals surface area (Å²) in [6, 6.07) is 9.14. The lowest BCUT2D eigenvalue weighted by Gasteiger charge is -2.14. The van der Waals surface area contributed by atoms with Crippen molar-refractivity contribution in [2.24, 2.45) is 0 Å². The number of anilines is 3. The van der Waals surface area contributed by atoms with Crippen molar-refractivity contribution in [3.8, 4) is 22.6 Å². The number of alkyl halides is 3. The highest BCUT2D eigenvalue weighted by Gasteiger charge is 2.35. The number of ether oxygens (including phenoxy) is 1. The number of pyridine rings is 2. The number of nitrogens with one attached hydrogen (secondary N) is 1. The molecule has 0 fully saturated rings. The van der Waals surface area contributed by atoms with Crippen LogP contribution in [0.15, 0.2) is 65.7 Å². The zero-order valence-corrected chi connectivity index (χ0v) is 24.8. The zero-order valence-electron chi connectivity index (χ0n) is 24.0. The number of fused-ring (bicyclic) bond motifs is 1. The van der Waals surface area contributed by atoms with Crippen molar-refractivity contribution >= 4 is 38.4 Å². The van der Waals surface area contributed by atoms with Gasteiger partial charge in [0.15, 0.2) is 22.4 Å². The van der Waals surface area contributed by atoms with Crippen molar-refractivity contribution in [2.75, 3.05) is 29.4 Å². The van der Waals surface area contributed by atoms with Gasteiger partial charge in [-0.3, -0.25) is 4.72 Å². The second-order valence-electron chi connectivity index (χ2n) is 9.25. The van der Waals surface area contributed by atoms with Crippen molar-refractivity contribution in [2.45, 2.75) is 24.9 Å². The number of aromatic nitrogens is 4. The predicted octanol–water partition coefficient (Wildman–Crippen LogP) is 6.20. The summed E-state index contributed by atoms with van der Waals surface area (Å²) in [5.41, 5.74) is 8.71. The van der Waals surface area contributed by atoms with E-state index in [1.54, 1.807) is 0 Å². The number of benzene rings is 2. The lowest BCUT2D eigenvalue weighted by Crippen LogP contribution is -2.17. The molecule has 0 atom stereocenters. The van der Waals surface area contributed by atoms with E-state index in [2.05, 4.69) is 19.9 Å². The fourth-order valence-electron chi connectivity index (χ4n) is 4.14. The van der Waals surface area contributed by atoms with Crippen LogP contribution in [0.1, 0.15) is 19.4 Å². The Balaban J connectivity index is 0.000000892. The van der Waals surface area contributed by atoms with Gasteiger partial charge in [0.2, 0.25) is 0 Å². The normalized spacial score (nSPS) is 11.7. The molecule has 10 nitrogen and oxygen atoms in total. The molecule has 0 aliphatic heterocycles. The van der Waals surface area contributed by atoms with Gasteiger partial charge in [-0.2, -0.15) is 13.2 Å². The minimum Gasteiger partial charge on any atom is -0.384 e. The molecule has 0 bridgehead atoms. The number of rotatable bonds is 7. The first-order valence-corrected chi connectivity index (χ1v) is 14.8. The van der Waals surface area contributed by atoms with Gasteiger partial charge in [-0.05, 0) is 56.3 Å². The summed E-state index contributed by atoms with van der Waals surface area (Å²) in [7, 11) is -4.88. The molecular formula is C29H25F6N7O3S. The van der Waals surface area contributed by atoms with Crippen LogP contribution >= 0.6 is 0 Å². The Morgan fingerprint density at radius 2 is 1.52 bits per heavy atom. The van der Waals surface area contributed by atoms with Gasteiger partial charge >= 0.3 is 6.18 Å². The Hall–Kier alpha value is -5.03. The van der Waals surface area contributed by atoms with Gasteiger partial charge in [0.25, 0.3) is 10.0 Å². The lowest BCUT2D eigenvalue weighted by molar-refractivity contribution is -0.137. The third-order valence-corrected chi connectivity index (χ3v) is 7.57. The summed E-state index contributed by atoms with van der Waals surface area (Å²) in [4.78, 5) is 14.6. The zero-order chi connectivity index (χ0) is 33.8. The smallest absolute Gasteiger partial charge is 0.384 e. The Bertz CT molecular complexity index is 1990. The maximum atomic E-state index is 15.4. The van der Waals surface area contributed by atoms with Gasteiger partial charge in [-0.15, -0.1) is 0 Å². The minimum absolute atomic E-state index is 0.00786. The van der Waals surface area contributed by atoms with Gasteiger partial charge in [0, 0.05) is 30.5 Å². The number of sulfonamides is 1. The van der Waals surface area contributed by atoms with E-state index < -0.39 is 61.2 Å². The second-order valence-corrected chi connectivity index (χ2v) is 10.9. The number of nitrogens with zero attached hydrogens (tertiary/aromatic N) is 4. The SMILES string of the molecule is CCOCC.Nc1cc(C(F)(F)F)c(-c2nc(N)c3nc(-c4cccc(NS(=O)(=O)c5c(F)cccc5F)c4F)ccc3n2)cn1. The van der Waals surface area contributed by atoms with Gasteiger partial charge in [-0.25, -0.2) is 41.5 Å². The number of halogens is 6. The third-order valence-electron chi connectivity index (χ3n) is 6.16. The van der Waals surface area contributed by atoms with E-state index in [4.69, 9.17) is 16.2 Å². The first-order valence-electron chi connectivity index (χ1n) is 13.3. The van der Waals surface area contributed by atoms with Crippen molar-refractivity contribution in [3.63, 3.8) is 0 Å². The van der Waals surface area contributed by atoms with Gasteiger partial charge in [0.05, 0.1) is 22.5 Å². The Morgan fingerprint density at radius 1 is 0.870 bits per heavy atom. The Labute approximate surface area is 258 Å². The average molecular weight is 666 g/mol. The summed E-state index contributed by atoms with van der Waals surface area (Å²) < 4.78 is 116. The van der Waals surface area contributed by atoms with Crippen molar-refractivity contribution in [1.29, 1.82) is 0 Å². The molecule has 17 heteroatoms. The number of nitrogen functional groups attached to an aromatic ring is 2. The van der Waals surface area contributed by atoms with Crippen LogP contribution in [-0.4, -0.2) is 41.6 Å². The van der Waals surface area contributed by atoms with E-state index in [-0.39, 0.29) is 33.9 Å². The van der Waals surface area contributed by atoms with Crippen LogP contribution in [0.3, 0.4) is 0 Å². The van der Waals surface area contributed by atoms with Crippen LogP contribution in [0.4, 0.5) is 43.7 Å². The average Bonchev–Trinajstić information content (AvgIpc) is 2.98. The predicted molar refractivity (Wildman–Crippen MR) is 159 cm³/mol. The molecule has 0 spiro atoms. The van der Waals surface area contributed by atoms with Crippen LogP contribution < -0.4 is 16.2 Å². The topological polar surface area (TPSA) is 159 Å². The third kappa shape index (κ3) is 7.26. The monoisotopic (exact) mass is 665 g/mol. The molecule has 3 heterocycles. The second kappa shape index (κ2) is 13.5. The highest BCUT2D eigenvalue weighted by molar-refractivity contribution is 7.92. The molecule has 5 N–H and O–H groups in total. The van der Waals surface area contributed by atoms with E-state index in [1.807, 2.05) is 18.6 Å². The first-order chi connectivity index (χ1) is 21.7. The van der Waals surface area contributed by atoms with E-state index in [0.29, 0.717) is 6.07 Å². The number of nitrogens with two attached hydrogens (primary N) is 2. The van der Waals surface area contributed by atoms with Crippen LogP contribution in [0, 0.1) is 17.5 Å². The molecule has 242 valence electrons. The largest absolute Gasteiger partial charge is 0.417 e. The van der Waals surface area contributed by atoms with E-state index in [9.17, 15) is 30.4 Å². The Morgan fingerprint density at radius 3 is 2.13 bits per heavy atom. The maximum absolute atomic E-state index is 15.4. The molecule has 2 aromatic carbocycles. The summed E-state index contributed by atoms with van der Waals surface area (Å²) in [6.45, 7) is 5.67. The van der Waals surface area contributed by atoms with Gasteiger partial charge < -0.3 is 16.2 Å². The lowest BCUT2D eigenvalue weighted by atomic mass is 10.1. The summed E-state index contributed by atoms with van der Waals surface area (Å²) in [5.74, 6) is -5.02. The molecule has 5 rings (SSSR count). The number of hydrogen-bond donors (Lipinski definition) is 3. The molecule has 0 aliphatic carbocycles. The quantitative estimate of drug-likeness (QED) is 0.172. The van der Waals surface area contributed by atoms with Crippen LogP contribution in [0.2, 0.25) is 0 Å². The summed E-state index contributed by atoms with van der Waals surface area (Å²) in [6.07, 6.45) is -3.95. The molecule has 5 aromatic rings. The molecule has 46 heavy (non-hydrogen) atoms. The van der Waals surface area contributed by atoms with Crippen LogP contribution in [0.25, 0.3) is 33.7 Å². The fourth-order valence-corrected chi connectivity index (χ4v) is 5.34. The highest BCUT2D eigenvalue weighted by Crippen LogP contribution is 2.37. The van der Waals surface area contributed by atoms with Crippen molar-refractivity contribution < 1.29 is 39.5 Å². The molecule has 3 aromatic heterocycles. The maximum Gasteiger partial charge on any atom is 0.417 e. The minimum atomic E-state index is -4.88. The van der Waals surface area contributed by atoms with E-state index >= 15 is 4.39 Å².